The molecular weight excluding hydrogens is 286 g/mol. The van der Waals surface area contributed by atoms with Gasteiger partial charge in [0.15, 0.2) is 5.11 Å². The Morgan fingerprint density at radius 1 is 1.14 bits per heavy atom. The Balaban J connectivity index is 2.48. The topological polar surface area (TPSA) is 87.7 Å². The molecule has 0 amide bonds. The predicted molar refractivity (Wildman–Crippen MR) is 86.4 cm³/mol. The molecule has 0 aliphatic carbocycles. The lowest BCUT2D eigenvalue weighted by atomic mass is 9.96. The zero-order valence-corrected chi connectivity index (χ0v) is 11.8. The van der Waals surface area contributed by atoms with Crippen molar-refractivity contribution in [3.63, 3.8) is 0 Å². The molecule has 21 heavy (non-hydrogen) atoms. The van der Waals surface area contributed by atoms with E-state index in [0.29, 0.717) is 5.56 Å². The highest BCUT2D eigenvalue weighted by atomic mass is 32.1. The number of hydrazone groups is 1. The minimum atomic E-state index is -0.974. The summed E-state index contributed by atoms with van der Waals surface area (Å²) in [6.45, 7) is 0. The summed E-state index contributed by atoms with van der Waals surface area (Å²) in [6.07, 6.45) is 1.55. The first kappa shape index (κ1) is 14.7. The maximum Gasteiger partial charge on any atom is 0.336 e. The Morgan fingerprint density at radius 3 is 2.43 bits per heavy atom. The average Bonchev–Trinajstić information content (AvgIpc) is 2.47. The number of carboxylic acid groups (broad SMARTS) is 1. The fourth-order valence-electron chi connectivity index (χ4n) is 1.92. The molecule has 0 aliphatic heterocycles. The van der Waals surface area contributed by atoms with E-state index in [0.717, 1.165) is 11.1 Å². The zero-order chi connectivity index (χ0) is 15.2. The van der Waals surface area contributed by atoms with Gasteiger partial charge < -0.3 is 10.8 Å². The highest BCUT2D eigenvalue weighted by molar-refractivity contribution is 7.80. The third kappa shape index (κ3) is 3.64. The minimum absolute atomic E-state index is 0.0645. The molecule has 2 aromatic carbocycles. The van der Waals surface area contributed by atoms with Gasteiger partial charge in [-0.2, -0.15) is 5.10 Å². The quantitative estimate of drug-likeness (QED) is 0.458. The molecule has 0 aromatic heterocycles. The van der Waals surface area contributed by atoms with Gasteiger partial charge in [0.2, 0.25) is 0 Å². The summed E-state index contributed by atoms with van der Waals surface area (Å²) >= 11 is 4.67. The van der Waals surface area contributed by atoms with Crippen LogP contribution in [-0.4, -0.2) is 22.4 Å². The van der Waals surface area contributed by atoms with E-state index in [1.54, 1.807) is 30.5 Å². The standard InChI is InChI=1S/C15H13N3O2S/c16-15(21)18-17-9-10-5-1-2-6-11(10)12-7-3-4-8-13(12)14(19)20/h1-9H,(H,19,20)(H3,16,18,21). The van der Waals surface area contributed by atoms with Crippen LogP contribution < -0.4 is 11.2 Å². The van der Waals surface area contributed by atoms with Crippen LogP contribution in [-0.2, 0) is 0 Å². The predicted octanol–water partition coefficient (Wildman–Crippen LogP) is 2.22. The number of aromatic carboxylic acids is 1. The Bertz CT molecular complexity index is 714. The summed E-state index contributed by atoms with van der Waals surface area (Å²) in [5, 5.41) is 13.3. The van der Waals surface area contributed by atoms with Gasteiger partial charge in [-0.15, -0.1) is 0 Å². The largest absolute Gasteiger partial charge is 0.478 e. The molecule has 106 valence electrons. The Kier molecular flexibility index (Phi) is 4.63. The van der Waals surface area contributed by atoms with Crippen molar-refractivity contribution in [2.24, 2.45) is 10.8 Å². The molecule has 0 fully saturated rings. The number of hydrogen-bond donors (Lipinski definition) is 3. The van der Waals surface area contributed by atoms with E-state index in [-0.39, 0.29) is 10.7 Å². The highest BCUT2D eigenvalue weighted by Gasteiger charge is 2.12. The van der Waals surface area contributed by atoms with Crippen molar-refractivity contribution in [3.05, 3.63) is 59.7 Å². The zero-order valence-electron chi connectivity index (χ0n) is 11.0. The van der Waals surface area contributed by atoms with Gasteiger partial charge >= 0.3 is 5.97 Å². The van der Waals surface area contributed by atoms with Crippen LogP contribution >= 0.6 is 12.2 Å². The first-order valence-corrected chi connectivity index (χ1v) is 6.50. The maximum atomic E-state index is 11.3. The lowest BCUT2D eigenvalue weighted by Crippen LogP contribution is -2.24. The Labute approximate surface area is 127 Å². The molecule has 5 nitrogen and oxygen atoms in total. The van der Waals surface area contributed by atoms with E-state index in [1.165, 1.54) is 0 Å². The second-order valence-electron chi connectivity index (χ2n) is 4.17. The third-order valence-electron chi connectivity index (χ3n) is 2.79. The van der Waals surface area contributed by atoms with Gasteiger partial charge in [0.25, 0.3) is 0 Å². The van der Waals surface area contributed by atoms with Crippen LogP contribution in [0.5, 0.6) is 0 Å². The lowest BCUT2D eigenvalue weighted by Gasteiger charge is -2.09. The molecular formula is C15H13N3O2S. The monoisotopic (exact) mass is 299 g/mol. The molecule has 2 aromatic rings. The van der Waals surface area contributed by atoms with Crippen LogP contribution in [0.1, 0.15) is 15.9 Å². The summed E-state index contributed by atoms with van der Waals surface area (Å²) in [5.41, 5.74) is 10.2. The summed E-state index contributed by atoms with van der Waals surface area (Å²) in [4.78, 5) is 11.3. The number of benzene rings is 2. The third-order valence-corrected chi connectivity index (χ3v) is 2.88. The van der Waals surface area contributed by atoms with Crippen LogP contribution in [0.4, 0.5) is 0 Å². The van der Waals surface area contributed by atoms with Gasteiger partial charge in [0.05, 0.1) is 11.8 Å². The number of nitrogens with one attached hydrogen (secondary N) is 1. The van der Waals surface area contributed by atoms with E-state index >= 15 is 0 Å². The van der Waals surface area contributed by atoms with E-state index in [4.69, 9.17) is 5.73 Å². The van der Waals surface area contributed by atoms with Crippen LogP contribution in [0.3, 0.4) is 0 Å². The summed E-state index contributed by atoms with van der Waals surface area (Å²) < 4.78 is 0. The number of thiocarbonyl (C=S) groups is 1. The van der Waals surface area contributed by atoms with Crippen molar-refractivity contribution in [2.45, 2.75) is 0 Å². The molecule has 6 heteroatoms. The highest BCUT2D eigenvalue weighted by Crippen LogP contribution is 2.26. The van der Waals surface area contributed by atoms with Crippen LogP contribution in [0.2, 0.25) is 0 Å². The number of nitrogens with zero attached hydrogens (tertiary/aromatic N) is 1. The van der Waals surface area contributed by atoms with E-state index in [1.807, 2.05) is 24.3 Å². The fourth-order valence-corrected chi connectivity index (χ4v) is 1.98. The van der Waals surface area contributed by atoms with Gasteiger partial charge in [-0.3, -0.25) is 5.43 Å². The summed E-state index contributed by atoms with van der Waals surface area (Å²) in [6, 6.07) is 14.2. The van der Waals surface area contributed by atoms with Crippen molar-refractivity contribution in [3.8, 4) is 11.1 Å². The van der Waals surface area contributed by atoms with Crippen LogP contribution in [0.25, 0.3) is 11.1 Å². The molecule has 0 saturated carbocycles. The normalized spacial score (nSPS) is 10.5. The van der Waals surface area contributed by atoms with Crippen LogP contribution in [0.15, 0.2) is 53.6 Å². The molecule has 0 atom stereocenters. The molecule has 0 bridgehead atoms. The number of carbonyl (C=O) groups is 1. The van der Waals surface area contributed by atoms with Gasteiger partial charge in [-0.05, 0) is 29.4 Å². The number of nitrogens with two attached hydrogens (primary N) is 1. The van der Waals surface area contributed by atoms with E-state index < -0.39 is 5.97 Å². The molecule has 0 aliphatic rings. The van der Waals surface area contributed by atoms with Gasteiger partial charge in [-0.1, -0.05) is 42.5 Å². The number of hydrogen-bond acceptors (Lipinski definition) is 3. The summed E-state index contributed by atoms with van der Waals surface area (Å²) in [7, 11) is 0. The summed E-state index contributed by atoms with van der Waals surface area (Å²) in [5.74, 6) is -0.974. The molecule has 0 unspecified atom stereocenters. The van der Waals surface area contributed by atoms with Crippen molar-refractivity contribution in [2.75, 3.05) is 0 Å². The van der Waals surface area contributed by atoms with Crippen molar-refractivity contribution < 1.29 is 9.90 Å². The first-order chi connectivity index (χ1) is 10.1. The second kappa shape index (κ2) is 6.62. The van der Waals surface area contributed by atoms with E-state index in [2.05, 4.69) is 22.7 Å². The van der Waals surface area contributed by atoms with E-state index in [9.17, 15) is 9.90 Å². The lowest BCUT2D eigenvalue weighted by molar-refractivity contribution is 0.0697. The molecule has 4 N–H and O–H groups in total. The number of rotatable bonds is 4. The molecule has 0 heterocycles. The molecule has 0 saturated heterocycles. The second-order valence-corrected chi connectivity index (χ2v) is 4.61. The Hall–Kier alpha value is -2.73. The smallest absolute Gasteiger partial charge is 0.336 e. The van der Waals surface area contributed by atoms with Gasteiger partial charge in [0.1, 0.15) is 0 Å². The average molecular weight is 299 g/mol. The van der Waals surface area contributed by atoms with Crippen LogP contribution in [0, 0.1) is 0 Å². The number of carboxylic acids is 1. The minimum Gasteiger partial charge on any atom is -0.478 e. The van der Waals surface area contributed by atoms with Crippen molar-refractivity contribution in [1.29, 1.82) is 0 Å². The molecule has 0 radical (unpaired) electrons. The Morgan fingerprint density at radius 2 is 1.76 bits per heavy atom. The van der Waals surface area contributed by atoms with Crippen molar-refractivity contribution >= 4 is 29.5 Å². The SMILES string of the molecule is NC(=S)NN=Cc1ccccc1-c1ccccc1C(=O)O. The van der Waals surface area contributed by atoms with Gasteiger partial charge in [0, 0.05) is 5.56 Å². The maximum absolute atomic E-state index is 11.3. The molecule has 0 spiro atoms. The van der Waals surface area contributed by atoms with Gasteiger partial charge in [-0.25, -0.2) is 4.79 Å². The fraction of sp³-hybridized carbons (Fsp3) is 0. The first-order valence-electron chi connectivity index (χ1n) is 6.10. The molecule has 2 rings (SSSR count). The van der Waals surface area contributed by atoms with Crippen molar-refractivity contribution in [1.82, 2.24) is 5.43 Å².